The topological polar surface area (TPSA) is 62.7 Å². The molecule has 0 bridgehead atoms. The van der Waals surface area contributed by atoms with Crippen LogP contribution in [0.25, 0.3) is 0 Å². The molecule has 0 aliphatic heterocycles. The van der Waals surface area contributed by atoms with Crippen LogP contribution in [-0.2, 0) is 16.1 Å². The quantitative estimate of drug-likeness (QED) is 0.477. The van der Waals surface area contributed by atoms with Crippen molar-refractivity contribution in [3.05, 3.63) is 35.4 Å². The van der Waals surface area contributed by atoms with E-state index < -0.39 is 0 Å². The van der Waals surface area contributed by atoms with Gasteiger partial charge in [-0.05, 0) is 25.0 Å². The second kappa shape index (κ2) is 9.00. The van der Waals surface area contributed by atoms with Gasteiger partial charge >= 0.3 is 5.97 Å². The molecule has 1 rings (SSSR count). The number of nitrogens with zero attached hydrogens (tertiary/aromatic N) is 1. The van der Waals surface area contributed by atoms with E-state index in [9.17, 15) is 4.79 Å². The maximum atomic E-state index is 11.4. The van der Waals surface area contributed by atoms with Crippen LogP contribution >= 0.6 is 0 Å². The number of carbonyl (C=O) groups excluding carboxylic acids is 1. The van der Waals surface area contributed by atoms with Gasteiger partial charge in [-0.15, -0.1) is 0 Å². The number of carbonyl (C=O) groups is 1. The summed E-state index contributed by atoms with van der Waals surface area (Å²) in [5.41, 5.74) is 2.41. The van der Waals surface area contributed by atoms with E-state index in [4.69, 9.17) is 4.74 Å². The molecule has 5 heteroatoms. The van der Waals surface area contributed by atoms with E-state index in [1.165, 1.54) is 18.2 Å². The highest BCUT2D eigenvalue weighted by atomic mass is 16.5. The molecule has 0 fully saturated rings. The molecule has 0 aliphatic carbocycles. The molecule has 0 spiro atoms. The van der Waals surface area contributed by atoms with Gasteiger partial charge in [-0.2, -0.15) is 0 Å². The Morgan fingerprint density at radius 3 is 2.67 bits per heavy atom. The zero-order valence-electron chi connectivity index (χ0n) is 13.3. The first-order valence-corrected chi connectivity index (χ1v) is 7.23. The van der Waals surface area contributed by atoms with E-state index in [1.54, 1.807) is 0 Å². The minimum absolute atomic E-state index is 0.211. The van der Waals surface area contributed by atoms with Gasteiger partial charge in [-0.25, -0.2) is 4.99 Å². The summed E-state index contributed by atoms with van der Waals surface area (Å²) in [7, 11) is 1.40. The van der Waals surface area contributed by atoms with Crippen molar-refractivity contribution in [1.82, 2.24) is 10.6 Å². The van der Waals surface area contributed by atoms with Crippen molar-refractivity contribution in [2.24, 2.45) is 10.9 Å². The van der Waals surface area contributed by atoms with Crippen LogP contribution in [0, 0.1) is 12.8 Å². The lowest BCUT2D eigenvalue weighted by Crippen LogP contribution is -2.40. The summed E-state index contributed by atoms with van der Waals surface area (Å²) in [6.07, 6.45) is 0. The van der Waals surface area contributed by atoms with Crippen molar-refractivity contribution >= 4 is 11.9 Å². The van der Waals surface area contributed by atoms with Crippen molar-refractivity contribution in [3.8, 4) is 0 Å². The number of guanidine groups is 1. The maximum Gasteiger partial charge on any atom is 0.310 e. The number of benzene rings is 1. The van der Waals surface area contributed by atoms with Gasteiger partial charge in [-0.3, -0.25) is 4.79 Å². The fourth-order valence-electron chi connectivity index (χ4n) is 1.83. The summed E-state index contributed by atoms with van der Waals surface area (Å²) >= 11 is 0. The smallest absolute Gasteiger partial charge is 0.310 e. The number of hydrogen-bond acceptors (Lipinski definition) is 3. The summed E-state index contributed by atoms with van der Waals surface area (Å²) in [6, 6.07) is 8.17. The molecule has 2 N–H and O–H groups in total. The Morgan fingerprint density at radius 1 is 1.33 bits per heavy atom. The first-order chi connectivity index (χ1) is 10.1. The number of hydrogen-bond donors (Lipinski definition) is 2. The normalized spacial score (nSPS) is 12.7. The number of nitrogens with one attached hydrogen (secondary N) is 2. The predicted molar refractivity (Wildman–Crippen MR) is 85.2 cm³/mol. The standard InChI is InChI=1S/C16H25N3O2/c1-5-17-16(18-10-13(3)15(20)21-4)19-11-14-9-7-6-8-12(14)2/h6-9,13H,5,10-11H2,1-4H3,(H2,17,18,19). The molecule has 1 aromatic rings. The molecule has 0 amide bonds. The maximum absolute atomic E-state index is 11.4. The van der Waals surface area contributed by atoms with Gasteiger partial charge in [0.15, 0.2) is 5.96 Å². The molecule has 1 unspecified atom stereocenters. The van der Waals surface area contributed by atoms with Crippen molar-refractivity contribution in [2.45, 2.75) is 27.3 Å². The Labute approximate surface area is 126 Å². The molecule has 0 saturated heterocycles. The van der Waals surface area contributed by atoms with Gasteiger partial charge in [0, 0.05) is 13.1 Å². The summed E-state index contributed by atoms with van der Waals surface area (Å²) in [4.78, 5) is 15.9. The molecule has 0 aromatic heterocycles. The third-order valence-corrected chi connectivity index (χ3v) is 3.19. The van der Waals surface area contributed by atoms with Crippen LogP contribution in [0.2, 0.25) is 0 Å². The first-order valence-electron chi connectivity index (χ1n) is 7.23. The van der Waals surface area contributed by atoms with E-state index in [2.05, 4.69) is 34.7 Å². The highest BCUT2D eigenvalue weighted by Crippen LogP contribution is 2.07. The van der Waals surface area contributed by atoms with Gasteiger partial charge in [0.05, 0.1) is 19.6 Å². The number of aliphatic imine (C=N–C) groups is 1. The Kier molecular flexibility index (Phi) is 7.29. The van der Waals surface area contributed by atoms with Crippen LogP contribution < -0.4 is 10.6 Å². The molecule has 5 nitrogen and oxygen atoms in total. The summed E-state index contributed by atoms with van der Waals surface area (Å²) in [5, 5.41) is 6.33. The lowest BCUT2D eigenvalue weighted by molar-refractivity contribution is -0.144. The van der Waals surface area contributed by atoms with Crippen LogP contribution in [0.15, 0.2) is 29.3 Å². The summed E-state index contributed by atoms with van der Waals surface area (Å²) in [5.74, 6) is 0.270. The number of aryl methyl sites for hydroxylation is 1. The molecule has 0 radical (unpaired) electrons. The first kappa shape index (κ1) is 17.0. The van der Waals surface area contributed by atoms with E-state index in [-0.39, 0.29) is 11.9 Å². The number of ether oxygens (including phenoxy) is 1. The zero-order valence-corrected chi connectivity index (χ0v) is 13.3. The van der Waals surface area contributed by atoms with Gasteiger partial charge < -0.3 is 15.4 Å². The minimum atomic E-state index is -0.225. The van der Waals surface area contributed by atoms with Crippen LogP contribution in [0.5, 0.6) is 0 Å². The van der Waals surface area contributed by atoms with Gasteiger partial charge in [-0.1, -0.05) is 31.2 Å². The lowest BCUT2D eigenvalue weighted by atomic mass is 10.1. The highest BCUT2D eigenvalue weighted by molar-refractivity contribution is 5.80. The average Bonchev–Trinajstić information content (AvgIpc) is 2.50. The van der Waals surface area contributed by atoms with Crippen LogP contribution in [-0.4, -0.2) is 32.1 Å². The number of methoxy groups -OCH3 is 1. The molecule has 0 saturated carbocycles. The van der Waals surface area contributed by atoms with Gasteiger partial charge in [0.2, 0.25) is 0 Å². The second-order valence-corrected chi connectivity index (χ2v) is 4.93. The predicted octanol–water partition coefficient (Wildman–Crippen LogP) is 1.86. The van der Waals surface area contributed by atoms with Crippen molar-refractivity contribution in [1.29, 1.82) is 0 Å². The molecular formula is C16H25N3O2. The third-order valence-electron chi connectivity index (χ3n) is 3.19. The molecular weight excluding hydrogens is 266 g/mol. The Bertz CT molecular complexity index is 486. The number of rotatable bonds is 6. The van der Waals surface area contributed by atoms with E-state index >= 15 is 0 Å². The molecule has 1 atom stereocenters. The minimum Gasteiger partial charge on any atom is -0.469 e. The Morgan fingerprint density at radius 2 is 2.05 bits per heavy atom. The Hall–Kier alpha value is -2.04. The van der Waals surface area contributed by atoms with Crippen molar-refractivity contribution in [2.75, 3.05) is 20.2 Å². The third kappa shape index (κ3) is 5.85. The van der Waals surface area contributed by atoms with Gasteiger partial charge in [0.1, 0.15) is 0 Å². The summed E-state index contributed by atoms with van der Waals surface area (Å²) in [6.45, 7) is 7.77. The van der Waals surface area contributed by atoms with Crippen molar-refractivity contribution < 1.29 is 9.53 Å². The molecule has 1 aromatic carbocycles. The second-order valence-electron chi connectivity index (χ2n) is 4.93. The van der Waals surface area contributed by atoms with Crippen LogP contribution in [0.3, 0.4) is 0 Å². The van der Waals surface area contributed by atoms with Crippen LogP contribution in [0.4, 0.5) is 0 Å². The molecule has 0 aliphatic rings. The zero-order chi connectivity index (χ0) is 15.7. The van der Waals surface area contributed by atoms with Gasteiger partial charge in [0.25, 0.3) is 0 Å². The van der Waals surface area contributed by atoms with Crippen LogP contribution in [0.1, 0.15) is 25.0 Å². The SMILES string of the molecule is CCNC(=NCc1ccccc1C)NCC(C)C(=O)OC. The molecule has 116 valence electrons. The Balaban J connectivity index is 2.62. The average molecular weight is 291 g/mol. The highest BCUT2D eigenvalue weighted by Gasteiger charge is 2.13. The lowest BCUT2D eigenvalue weighted by Gasteiger charge is -2.14. The monoisotopic (exact) mass is 291 g/mol. The van der Waals surface area contributed by atoms with Crippen molar-refractivity contribution in [3.63, 3.8) is 0 Å². The summed E-state index contributed by atoms with van der Waals surface area (Å²) < 4.78 is 4.71. The number of esters is 1. The van der Waals surface area contributed by atoms with E-state index in [0.29, 0.717) is 19.0 Å². The van der Waals surface area contributed by atoms with E-state index in [1.807, 2.05) is 26.0 Å². The fraction of sp³-hybridized carbons (Fsp3) is 0.500. The largest absolute Gasteiger partial charge is 0.469 e. The fourth-order valence-corrected chi connectivity index (χ4v) is 1.83. The molecule has 21 heavy (non-hydrogen) atoms. The molecule has 0 heterocycles. The van der Waals surface area contributed by atoms with E-state index in [0.717, 1.165) is 6.54 Å².